The second-order valence-electron chi connectivity index (χ2n) is 6.76. The third-order valence-electron chi connectivity index (χ3n) is 4.63. The summed E-state index contributed by atoms with van der Waals surface area (Å²) in [5.74, 6) is -0.0528. The molecule has 2 aromatic carbocycles. The number of benzene rings is 2. The van der Waals surface area contributed by atoms with Crippen molar-refractivity contribution in [2.75, 3.05) is 20.3 Å². The molecular formula is C21H26N2O2. The van der Waals surface area contributed by atoms with Crippen LogP contribution in [-0.2, 0) is 24.2 Å². The molecule has 25 heavy (non-hydrogen) atoms. The van der Waals surface area contributed by atoms with Crippen LogP contribution in [0.1, 0.15) is 34.0 Å². The van der Waals surface area contributed by atoms with Crippen LogP contribution in [0.5, 0.6) is 0 Å². The fourth-order valence-corrected chi connectivity index (χ4v) is 3.31. The van der Waals surface area contributed by atoms with Crippen molar-refractivity contribution in [2.45, 2.75) is 32.5 Å². The second-order valence-corrected chi connectivity index (χ2v) is 6.76. The first kappa shape index (κ1) is 17.6. The summed E-state index contributed by atoms with van der Waals surface area (Å²) < 4.78 is 5.05. The first-order chi connectivity index (χ1) is 12.2. The molecule has 2 aromatic rings. The van der Waals surface area contributed by atoms with Gasteiger partial charge in [0, 0.05) is 38.3 Å². The number of methoxy groups -OCH3 is 1. The minimum absolute atomic E-state index is 0.00518. The summed E-state index contributed by atoms with van der Waals surface area (Å²) in [4.78, 5) is 14.6. The highest BCUT2D eigenvalue weighted by Crippen LogP contribution is 2.20. The van der Waals surface area contributed by atoms with Gasteiger partial charge >= 0.3 is 0 Å². The maximum Gasteiger partial charge on any atom is 0.251 e. The molecule has 0 aromatic heterocycles. The monoisotopic (exact) mass is 338 g/mol. The Morgan fingerprint density at radius 2 is 1.88 bits per heavy atom. The molecule has 0 saturated heterocycles. The highest BCUT2D eigenvalue weighted by atomic mass is 16.5. The number of nitrogens with one attached hydrogen (secondary N) is 1. The number of hydrogen-bond donors (Lipinski definition) is 1. The highest BCUT2D eigenvalue weighted by molar-refractivity contribution is 5.94. The van der Waals surface area contributed by atoms with Gasteiger partial charge in [-0.15, -0.1) is 0 Å². The zero-order valence-electron chi connectivity index (χ0n) is 15.0. The van der Waals surface area contributed by atoms with Gasteiger partial charge in [-0.1, -0.05) is 36.4 Å². The highest BCUT2D eigenvalue weighted by Gasteiger charge is 2.16. The van der Waals surface area contributed by atoms with E-state index in [0.29, 0.717) is 12.2 Å². The Balaban J connectivity index is 1.57. The molecule has 1 heterocycles. The van der Waals surface area contributed by atoms with Gasteiger partial charge in [0.05, 0.1) is 6.61 Å². The van der Waals surface area contributed by atoms with Crippen molar-refractivity contribution in [3.8, 4) is 0 Å². The van der Waals surface area contributed by atoms with Gasteiger partial charge < -0.3 is 10.1 Å². The molecule has 0 fully saturated rings. The Morgan fingerprint density at radius 3 is 2.60 bits per heavy atom. The summed E-state index contributed by atoms with van der Waals surface area (Å²) in [6, 6.07) is 16.6. The Morgan fingerprint density at radius 1 is 1.16 bits per heavy atom. The van der Waals surface area contributed by atoms with E-state index in [2.05, 4.69) is 46.6 Å². The first-order valence-electron chi connectivity index (χ1n) is 8.83. The van der Waals surface area contributed by atoms with Gasteiger partial charge in [0.15, 0.2) is 0 Å². The van der Waals surface area contributed by atoms with Crippen LogP contribution in [0, 0.1) is 0 Å². The van der Waals surface area contributed by atoms with Crippen molar-refractivity contribution in [2.24, 2.45) is 0 Å². The standard InChI is InChI=1S/C21H26N2O2/c1-16(15-25-2)22-21(24)19-9-7-17(8-10-19)13-23-12-11-18-5-3-4-6-20(18)14-23/h3-10,16H,11-15H2,1-2H3,(H,22,24)/t16-/m0/s1. The lowest BCUT2D eigenvalue weighted by Crippen LogP contribution is -2.35. The van der Waals surface area contributed by atoms with E-state index in [4.69, 9.17) is 4.74 Å². The second kappa shape index (κ2) is 8.28. The van der Waals surface area contributed by atoms with E-state index >= 15 is 0 Å². The van der Waals surface area contributed by atoms with E-state index < -0.39 is 0 Å². The van der Waals surface area contributed by atoms with Crippen molar-refractivity contribution in [3.63, 3.8) is 0 Å². The molecule has 1 amide bonds. The maximum absolute atomic E-state index is 12.2. The lowest BCUT2D eigenvalue weighted by molar-refractivity contribution is 0.0905. The lowest BCUT2D eigenvalue weighted by Gasteiger charge is -2.28. The van der Waals surface area contributed by atoms with Gasteiger partial charge in [0.2, 0.25) is 0 Å². The fraction of sp³-hybridized carbons (Fsp3) is 0.381. The number of nitrogens with zero attached hydrogens (tertiary/aromatic N) is 1. The number of hydrogen-bond acceptors (Lipinski definition) is 3. The minimum atomic E-state index is -0.0528. The van der Waals surface area contributed by atoms with Crippen molar-refractivity contribution >= 4 is 5.91 Å². The Hall–Kier alpha value is -2.17. The van der Waals surface area contributed by atoms with Crippen molar-refractivity contribution in [1.29, 1.82) is 0 Å². The van der Waals surface area contributed by atoms with Crippen LogP contribution in [0.2, 0.25) is 0 Å². The zero-order chi connectivity index (χ0) is 17.6. The van der Waals surface area contributed by atoms with E-state index in [1.54, 1.807) is 7.11 Å². The van der Waals surface area contributed by atoms with E-state index in [1.807, 2.05) is 19.1 Å². The Labute approximate surface area is 149 Å². The number of rotatable bonds is 6. The summed E-state index contributed by atoms with van der Waals surface area (Å²) in [5, 5.41) is 2.93. The van der Waals surface area contributed by atoms with E-state index in [-0.39, 0.29) is 11.9 Å². The smallest absolute Gasteiger partial charge is 0.251 e. The van der Waals surface area contributed by atoms with Gasteiger partial charge in [-0.2, -0.15) is 0 Å². The third-order valence-corrected chi connectivity index (χ3v) is 4.63. The van der Waals surface area contributed by atoms with Gasteiger partial charge in [-0.25, -0.2) is 0 Å². The molecule has 0 bridgehead atoms. The SMILES string of the molecule is COC[C@H](C)NC(=O)c1ccc(CN2CCc3ccccc3C2)cc1. The summed E-state index contributed by atoms with van der Waals surface area (Å²) in [6.07, 6.45) is 1.11. The molecule has 0 unspecified atom stereocenters. The van der Waals surface area contributed by atoms with Crippen LogP contribution in [0.3, 0.4) is 0 Å². The van der Waals surface area contributed by atoms with E-state index in [0.717, 1.165) is 26.1 Å². The third kappa shape index (κ3) is 4.68. The average Bonchev–Trinajstić information content (AvgIpc) is 2.62. The summed E-state index contributed by atoms with van der Waals surface area (Å²) in [6.45, 7) is 5.43. The quantitative estimate of drug-likeness (QED) is 0.880. The molecule has 0 aliphatic carbocycles. The van der Waals surface area contributed by atoms with Crippen molar-refractivity contribution < 1.29 is 9.53 Å². The average molecular weight is 338 g/mol. The molecule has 1 aliphatic rings. The van der Waals surface area contributed by atoms with Crippen molar-refractivity contribution in [1.82, 2.24) is 10.2 Å². The number of fused-ring (bicyclic) bond motifs is 1. The number of amides is 1. The molecule has 0 spiro atoms. The molecule has 1 N–H and O–H groups in total. The van der Waals surface area contributed by atoms with Crippen LogP contribution in [0.15, 0.2) is 48.5 Å². The molecule has 3 rings (SSSR count). The summed E-state index contributed by atoms with van der Waals surface area (Å²) in [5.41, 5.74) is 4.82. The Kier molecular flexibility index (Phi) is 5.84. The normalized spacial score (nSPS) is 15.4. The molecule has 1 atom stereocenters. The molecular weight excluding hydrogens is 312 g/mol. The molecule has 4 nitrogen and oxygen atoms in total. The predicted molar refractivity (Wildman–Crippen MR) is 99.5 cm³/mol. The lowest BCUT2D eigenvalue weighted by atomic mass is 9.99. The first-order valence-corrected chi connectivity index (χ1v) is 8.83. The largest absolute Gasteiger partial charge is 0.383 e. The zero-order valence-corrected chi connectivity index (χ0v) is 15.0. The van der Waals surface area contributed by atoms with Gasteiger partial charge in [-0.05, 0) is 42.2 Å². The van der Waals surface area contributed by atoms with Crippen molar-refractivity contribution in [3.05, 3.63) is 70.8 Å². The molecule has 0 saturated carbocycles. The van der Waals surface area contributed by atoms with Gasteiger partial charge in [-0.3, -0.25) is 9.69 Å². The van der Waals surface area contributed by atoms with Crippen LogP contribution < -0.4 is 5.32 Å². The van der Waals surface area contributed by atoms with Crippen LogP contribution >= 0.6 is 0 Å². The number of carbonyl (C=O) groups excluding carboxylic acids is 1. The predicted octanol–water partition coefficient (Wildman–Crippen LogP) is 3.01. The molecule has 1 aliphatic heterocycles. The van der Waals surface area contributed by atoms with E-state index in [1.165, 1.54) is 16.7 Å². The van der Waals surface area contributed by atoms with Crippen LogP contribution in [0.4, 0.5) is 0 Å². The maximum atomic E-state index is 12.2. The molecule has 4 heteroatoms. The number of carbonyl (C=O) groups is 1. The summed E-state index contributed by atoms with van der Waals surface area (Å²) >= 11 is 0. The van der Waals surface area contributed by atoms with Gasteiger partial charge in [0.25, 0.3) is 5.91 Å². The van der Waals surface area contributed by atoms with Crippen LogP contribution in [0.25, 0.3) is 0 Å². The number of ether oxygens (including phenoxy) is 1. The Bertz CT molecular complexity index is 712. The van der Waals surface area contributed by atoms with Gasteiger partial charge in [0.1, 0.15) is 0 Å². The van der Waals surface area contributed by atoms with Crippen LogP contribution in [-0.4, -0.2) is 37.1 Å². The minimum Gasteiger partial charge on any atom is -0.383 e. The van der Waals surface area contributed by atoms with E-state index in [9.17, 15) is 4.79 Å². The molecule has 0 radical (unpaired) electrons. The summed E-state index contributed by atoms with van der Waals surface area (Å²) in [7, 11) is 1.64. The topological polar surface area (TPSA) is 41.6 Å². The molecule has 132 valence electrons. The fourth-order valence-electron chi connectivity index (χ4n) is 3.31.